The van der Waals surface area contributed by atoms with Crippen LogP contribution < -0.4 is 16.0 Å². The third kappa shape index (κ3) is 6.03. The summed E-state index contributed by atoms with van der Waals surface area (Å²) < 4.78 is 0. The molecule has 1 aliphatic heterocycles. The Balaban J connectivity index is 0.00000343. The fourth-order valence-corrected chi connectivity index (χ4v) is 6.71. The van der Waals surface area contributed by atoms with Gasteiger partial charge in [-0.05, 0) is 99.0 Å². The number of halogens is 3. The van der Waals surface area contributed by atoms with Crippen molar-refractivity contribution < 1.29 is 4.79 Å². The largest absolute Gasteiger partial charge is 0.384 e. The molecular formula is C35H34Cl3N5O. The Bertz CT molecular complexity index is 1860. The number of fused-ring (bicyclic) bond motifs is 5. The fraction of sp³-hybridized carbons (Fsp3) is 0.286. The van der Waals surface area contributed by atoms with Crippen LogP contribution in [0.25, 0.3) is 33.1 Å². The number of anilines is 2. The summed E-state index contributed by atoms with van der Waals surface area (Å²) in [5.74, 6) is -0.0744. The van der Waals surface area contributed by atoms with Gasteiger partial charge in [-0.2, -0.15) is 0 Å². The Hall–Kier alpha value is -3.58. The van der Waals surface area contributed by atoms with Crippen molar-refractivity contribution in [3.8, 4) is 11.3 Å². The van der Waals surface area contributed by atoms with E-state index in [2.05, 4.69) is 22.0 Å². The fourth-order valence-electron chi connectivity index (χ4n) is 6.42. The van der Waals surface area contributed by atoms with Gasteiger partial charge in [0.05, 0.1) is 16.7 Å². The van der Waals surface area contributed by atoms with Gasteiger partial charge in [0.1, 0.15) is 0 Å². The zero-order valence-electron chi connectivity index (χ0n) is 24.3. The molecule has 3 N–H and O–H groups in total. The Morgan fingerprint density at radius 2 is 1.59 bits per heavy atom. The maximum absolute atomic E-state index is 13.2. The predicted molar refractivity (Wildman–Crippen MR) is 185 cm³/mol. The van der Waals surface area contributed by atoms with E-state index >= 15 is 0 Å². The van der Waals surface area contributed by atoms with Crippen LogP contribution in [0, 0.1) is 0 Å². The molecule has 0 spiro atoms. The highest BCUT2D eigenvalue weighted by atomic mass is 35.5. The minimum Gasteiger partial charge on any atom is -0.384 e. The average molecular weight is 647 g/mol. The highest BCUT2D eigenvalue weighted by molar-refractivity contribution is 6.31. The molecule has 2 aromatic heterocycles. The van der Waals surface area contributed by atoms with Gasteiger partial charge in [-0.1, -0.05) is 35.3 Å². The monoisotopic (exact) mass is 645 g/mol. The molecule has 6 nitrogen and oxygen atoms in total. The van der Waals surface area contributed by atoms with Gasteiger partial charge in [0.25, 0.3) is 5.91 Å². The number of nitrogens with one attached hydrogen (secondary N) is 3. The number of amides is 1. The number of nitrogens with zero attached hydrogens (tertiary/aromatic N) is 2. The summed E-state index contributed by atoms with van der Waals surface area (Å²) in [6.07, 6.45) is 7.18. The number of aryl methyl sites for hydroxylation is 1. The second kappa shape index (κ2) is 13.2. The van der Waals surface area contributed by atoms with Crippen LogP contribution in [0.15, 0.2) is 60.7 Å². The number of carbonyl (C=O) groups is 1. The molecule has 0 fully saturated rings. The minimum atomic E-state index is -0.0744. The van der Waals surface area contributed by atoms with E-state index in [0.29, 0.717) is 22.2 Å². The van der Waals surface area contributed by atoms with Crippen molar-refractivity contribution in [2.24, 2.45) is 0 Å². The summed E-state index contributed by atoms with van der Waals surface area (Å²) in [5.41, 5.74) is 10.4. The molecule has 3 aromatic carbocycles. The van der Waals surface area contributed by atoms with Gasteiger partial charge in [0, 0.05) is 74.2 Å². The van der Waals surface area contributed by atoms with Crippen LogP contribution >= 0.6 is 35.6 Å². The SMILES string of the molecule is Cl.O=C(NCCCNc1c2c(nc3cc(Cl)ccc13)CCCC2)c1ccc2nc(-c3ccc(Cl)cc3)c3c(c2c1)NCCC3. The van der Waals surface area contributed by atoms with Crippen LogP contribution in [0.5, 0.6) is 0 Å². The molecule has 7 rings (SSSR count). The van der Waals surface area contributed by atoms with E-state index in [-0.39, 0.29) is 18.3 Å². The van der Waals surface area contributed by atoms with Crippen LogP contribution in [0.2, 0.25) is 10.0 Å². The smallest absolute Gasteiger partial charge is 0.251 e. The zero-order valence-corrected chi connectivity index (χ0v) is 26.6. The standard InChI is InChI=1S/C35H33Cl2N5O.ClH/c36-23-11-8-21(9-12-23)32-27-6-3-16-38-34(27)28-19-22(10-15-30(28)42-32)35(43)40-18-4-17-39-33-25-5-1-2-7-29(25)41-31-20-24(37)13-14-26(31)33;/h8-15,19-20,38H,1-7,16-18H2,(H,39,41)(H,40,43);1H. The normalized spacial score (nSPS) is 13.9. The summed E-state index contributed by atoms with van der Waals surface area (Å²) in [4.78, 5) is 23.1. The summed E-state index contributed by atoms with van der Waals surface area (Å²) >= 11 is 12.4. The maximum Gasteiger partial charge on any atom is 0.251 e. The topological polar surface area (TPSA) is 78.9 Å². The van der Waals surface area contributed by atoms with E-state index in [1.807, 2.05) is 54.6 Å². The predicted octanol–water partition coefficient (Wildman–Crippen LogP) is 8.65. The molecule has 0 radical (unpaired) electrons. The summed E-state index contributed by atoms with van der Waals surface area (Å²) in [6.45, 7) is 2.23. The quantitative estimate of drug-likeness (QED) is 0.154. The summed E-state index contributed by atoms with van der Waals surface area (Å²) in [6, 6.07) is 19.6. The maximum atomic E-state index is 13.2. The van der Waals surface area contributed by atoms with Gasteiger partial charge in [-0.3, -0.25) is 9.78 Å². The molecule has 9 heteroatoms. The van der Waals surface area contributed by atoms with Gasteiger partial charge < -0.3 is 16.0 Å². The van der Waals surface area contributed by atoms with E-state index < -0.39 is 0 Å². The second-order valence-corrected chi connectivity index (χ2v) is 12.3. The minimum absolute atomic E-state index is 0. The molecule has 0 saturated carbocycles. The Kier molecular flexibility index (Phi) is 9.13. The summed E-state index contributed by atoms with van der Waals surface area (Å²) in [7, 11) is 0. The number of hydrogen-bond acceptors (Lipinski definition) is 5. The summed E-state index contributed by atoms with van der Waals surface area (Å²) in [5, 5.41) is 13.9. The zero-order chi connectivity index (χ0) is 29.3. The first-order chi connectivity index (χ1) is 21.0. The lowest BCUT2D eigenvalue weighted by atomic mass is 9.92. The van der Waals surface area contributed by atoms with Gasteiger partial charge in [0.15, 0.2) is 0 Å². The first kappa shape index (κ1) is 30.4. The van der Waals surface area contributed by atoms with Crippen molar-refractivity contribution in [3.05, 3.63) is 93.1 Å². The van der Waals surface area contributed by atoms with E-state index in [0.717, 1.165) is 83.9 Å². The first-order valence-electron chi connectivity index (χ1n) is 15.1. The molecule has 0 saturated heterocycles. The number of hydrogen-bond donors (Lipinski definition) is 3. The van der Waals surface area contributed by atoms with E-state index in [1.165, 1.54) is 35.3 Å². The molecule has 3 heterocycles. The lowest BCUT2D eigenvalue weighted by Crippen LogP contribution is -2.26. The van der Waals surface area contributed by atoms with Gasteiger partial charge in [0.2, 0.25) is 0 Å². The van der Waals surface area contributed by atoms with Crippen molar-refractivity contribution in [3.63, 3.8) is 0 Å². The van der Waals surface area contributed by atoms with Crippen molar-refractivity contribution in [2.75, 3.05) is 30.3 Å². The number of rotatable bonds is 7. The van der Waals surface area contributed by atoms with Gasteiger partial charge >= 0.3 is 0 Å². The average Bonchev–Trinajstić information content (AvgIpc) is 3.03. The molecule has 0 atom stereocenters. The van der Waals surface area contributed by atoms with Crippen molar-refractivity contribution in [1.82, 2.24) is 15.3 Å². The van der Waals surface area contributed by atoms with Crippen LogP contribution in [-0.2, 0) is 19.3 Å². The third-order valence-corrected chi connectivity index (χ3v) is 9.02. The molecule has 2 aliphatic rings. The second-order valence-electron chi connectivity index (χ2n) is 11.4. The lowest BCUT2D eigenvalue weighted by molar-refractivity contribution is 0.0953. The molecule has 5 aromatic rings. The first-order valence-corrected chi connectivity index (χ1v) is 15.9. The molecular weight excluding hydrogens is 613 g/mol. The van der Waals surface area contributed by atoms with E-state index in [1.54, 1.807) is 0 Å². The molecule has 1 amide bonds. The van der Waals surface area contributed by atoms with Crippen molar-refractivity contribution in [1.29, 1.82) is 0 Å². The van der Waals surface area contributed by atoms with Crippen molar-refractivity contribution >= 4 is 74.7 Å². The van der Waals surface area contributed by atoms with Crippen LogP contribution in [0.3, 0.4) is 0 Å². The van der Waals surface area contributed by atoms with Crippen LogP contribution in [0.1, 0.15) is 52.9 Å². The highest BCUT2D eigenvalue weighted by Crippen LogP contribution is 2.38. The van der Waals surface area contributed by atoms with Gasteiger partial charge in [-0.15, -0.1) is 12.4 Å². The Morgan fingerprint density at radius 3 is 2.45 bits per heavy atom. The third-order valence-electron chi connectivity index (χ3n) is 8.54. The van der Waals surface area contributed by atoms with Crippen LogP contribution in [-0.4, -0.2) is 35.5 Å². The van der Waals surface area contributed by atoms with Gasteiger partial charge in [-0.25, -0.2) is 4.98 Å². The molecule has 226 valence electrons. The number of pyridine rings is 2. The number of carbonyl (C=O) groups excluding carboxylic acids is 1. The number of aromatic nitrogens is 2. The molecule has 44 heavy (non-hydrogen) atoms. The highest BCUT2D eigenvalue weighted by Gasteiger charge is 2.21. The Morgan fingerprint density at radius 1 is 0.795 bits per heavy atom. The lowest BCUT2D eigenvalue weighted by Gasteiger charge is -2.23. The van der Waals surface area contributed by atoms with E-state index in [4.69, 9.17) is 33.2 Å². The number of benzene rings is 3. The van der Waals surface area contributed by atoms with Crippen molar-refractivity contribution in [2.45, 2.75) is 44.9 Å². The molecule has 1 aliphatic carbocycles. The molecule has 0 unspecified atom stereocenters. The van der Waals surface area contributed by atoms with Crippen LogP contribution in [0.4, 0.5) is 11.4 Å². The Labute approximate surface area is 273 Å². The van der Waals surface area contributed by atoms with E-state index in [9.17, 15) is 4.79 Å². The molecule has 0 bridgehead atoms.